The van der Waals surface area contributed by atoms with Crippen molar-refractivity contribution in [1.29, 1.82) is 0 Å². The van der Waals surface area contributed by atoms with Gasteiger partial charge >= 0.3 is 11.9 Å². The van der Waals surface area contributed by atoms with Crippen molar-refractivity contribution in [3.8, 4) is 0 Å². The molecule has 2 aliphatic heterocycles. The van der Waals surface area contributed by atoms with Crippen LogP contribution < -0.4 is 0 Å². The van der Waals surface area contributed by atoms with Crippen molar-refractivity contribution in [3.63, 3.8) is 0 Å². The molecule has 0 aromatic heterocycles. The van der Waals surface area contributed by atoms with Gasteiger partial charge in [-0.1, -0.05) is 0 Å². The molecule has 2 bridgehead atoms. The molecule has 2 saturated heterocycles. The topological polar surface area (TPSA) is 61.8 Å². The van der Waals surface area contributed by atoms with E-state index in [2.05, 4.69) is 0 Å². The highest BCUT2D eigenvalue weighted by atomic mass is 16.6. The molecule has 0 N–H and O–H groups in total. The van der Waals surface area contributed by atoms with Crippen LogP contribution in [-0.4, -0.2) is 38.4 Å². The second-order valence-corrected chi connectivity index (χ2v) is 3.98. The smallest absolute Gasteiger partial charge is 0.326 e. The van der Waals surface area contributed by atoms with Crippen molar-refractivity contribution in [3.05, 3.63) is 0 Å². The van der Waals surface area contributed by atoms with Crippen LogP contribution in [0.5, 0.6) is 0 Å². The number of hydrogen-bond acceptors (Lipinski definition) is 5. The Hall–Kier alpha value is -1.10. The lowest BCUT2D eigenvalue weighted by molar-refractivity contribution is -0.173. The van der Waals surface area contributed by atoms with E-state index in [0.717, 1.165) is 12.8 Å². The number of hydrogen-bond donors (Lipinski definition) is 0. The lowest BCUT2D eigenvalue weighted by atomic mass is 9.74. The van der Waals surface area contributed by atoms with Gasteiger partial charge in [0.2, 0.25) is 0 Å². The summed E-state index contributed by atoms with van der Waals surface area (Å²) < 4.78 is 14.9. The lowest BCUT2D eigenvalue weighted by Crippen LogP contribution is -2.48. The number of ether oxygens (including phenoxy) is 3. The second kappa shape index (κ2) is 3.48. The standard InChI is InChI=1S/C10H14O5/c1-13-8(11)10(9(12)14-2)5-6-3-4-7(10)15-6/h6-7H,3-5H2,1-2H3/t6-,7+/m1/s1. The molecular weight excluding hydrogens is 200 g/mol. The van der Waals surface area contributed by atoms with Crippen LogP contribution in [0.1, 0.15) is 19.3 Å². The largest absolute Gasteiger partial charge is 0.468 e. The fourth-order valence-electron chi connectivity index (χ4n) is 2.59. The SMILES string of the molecule is COC(=O)C1(C(=O)OC)C[C@H]2CC[C@@H]1O2. The summed E-state index contributed by atoms with van der Waals surface area (Å²) in [6.07, 6.45) is 1.63. The molecule has 2 atom stereocenters. The number of carbonyl (C=O) groups is 2. The Morgan fingerprint density at radius 1 is 1.20 bits per heavy atom. The van der Waals surface area contributed by atoms with Gasteiger partial charge in [0.15, 0.2) is 5.41 Å². The van der Waals surface area contributed by atoms with Crippen LogP contribution in [-0.2, 0) is 23.8 Å². The predicted octanol–water partition coefficient (Wildman–Crippen LogP) is 0.270. The van der Waals surface area contributed by atoms with E-state index in [1.54, 1.807) is 0 Å². The average molecular weight is 214 g/mol. The molecule has 2 fully saturated rings. The quantitative estimate of drug-likeness (QED) is 0.487. The third-order valence-electron chi connectivity index (χ3n) is 3.31. The number of esters is 2. The van der Waals surface area contributed by atoms with E-state index in [1.807, 2.05) is 0 Å². The van der Waals surface area contributed by atoms with Crippen molar-refractivity contribution in [2.45, 2.75) is 31.5 Å². The maximum absolute atomic E-state index is 11.7. The normalized spacial score (nSPS) is 31.3. The van der Waals surface area contributed by atoms with Crippen LogP contribution in [0.15, 0.2) is 0 Å². The van der Waals surface area contributed by atoms with Gasteiger partial charge in [-0.15, -0.1) is 0 Å². The first-order valence-corrected chi connectivity index (χ1v) is 4.97. The van der Waals surface area contributed by atoms with Gasteiger partial charge in [-0.25, -0.2) is 0 Å². The van der Waals surface area contributed by atoms with Gasteiger partial charge in [0.25, 0.3) is 0 Å². The minimum Gasteiger partial charge on any atom is -0.468 e. The number of fused-ring (bicyclic) bond motifs is 2. The molecule has 5 heteroatoms. The van der Waals surface area contributed by atoms with E-state index in [4.69, 9.17) is 14.2 Å². The van der Waals surface area contributed by atoms with Crippen molar-refractivity contribution < 1.29 is 23.8 Å². The highest BCUT2D eigenvalue weighted by Gasteiger charge is 2.63. The summed E-state index contributed by atoms with van der Waals surface area (Å²) in [6.45, 7) is 0. The molecular formula is C10H14O5. The molecule has 0 radical (unpaired) electrons. The monoisotopic (exact) mass is 214 g/mol. The van der Waals surface area contributed by atoms with Crippen molar-refractivity contribution in [2.75, 3.05) is 14.2 Å². The summed E-state index contributed by atoms with van der Waals surface area (Å²) in [6, 6.07) is 0. The first kappa shape index (κ1) is 10.4. The molecule has 0 saturated carbocycles. The number of rotatable bonds is 2. The van der Waals surface area contributed by atoms with Crippen LogP contribution >= 0.6 is 0 Å². The summed E-state index contributed by atoms with van der Waals surface area (Å²) in [5.41, 5.74) is -1.22. The van der Waals surface area contributed by atoms with Crippen LogP contribution in [0.25, 0.3) is 0 Å². The molecule has 15 heavy (non-hydrogen) atoms. The van der Waals surface area contributed by atoms with Crippen LogP contribution in [0.4, 0.5) is 0 Å². The minimum atomic E-state index is -1.22. The number of methoxy groups -OCH3 is 2. The molecule has 2 aliphatic rings. The molecule has 0 aromatic carbocycles. The van der Waals surface area contributed by atoms with Crippen LogP contribution in [0.2, 0.25) is 0 Å². The molecule has 2 heterocycles. The summed E-state index contributed by atoms with van der Waals surface area (Å²) in [5, 5.41) is 0. The summed E-state index contributed by atoms with van der Waals surface area (Å²) in [5.74, 6) is -1.08. The van der Waals surface area contributed by atoms with Gasteiger partial charge in [-0.05, 0) is 12.8 Å². The van der Waals surface area contributed by atoms with Gasteiger partial charge in [0.1, 0.15) is 0 Å². The highest BCUT2D eigenvalue weighted by molar-refractivity contribution is 6.01. The summed E-state index contributed by atoms with van der Waals surface area (Å²) >= 11 is 0. The predicted molar refractivity (Wildman–Crippen MR) is 49.0 cm³/mol. The third kappa shape index (κ3) is 1.26. The molecule has 0 amide bonds. The van der Waals surface area contributed by atoms with E-state index in [9.17, 15) is 9.59 Å². The molecule has 2 rings (SSSR count). The van der Waals surface area contributed by atoms with E-state index in [-0.39, 0.29) is 12.2 Å². The zero-order valence-electron chi connectivity index (χ0n) is 8.82. The Kier molecular flexibility index (Phi) is 2.42. The van der Waals surface area contributed by atoms with Gasteiger partial charge in [0, 0.05) is 6.42 Å². The Morgan fingerprint density at radius 2 is 1.80 bits per heavy atom. The fraction of sp³-hybridized carbons (Fsp3) is 0.800. The van der Waals surface area contributed by atoms with Crippen LogP contribution in [0, 0.1) is 5.41 Å². The van der Waals surface area contributed by atoms with Gasteiger partial charge in [-0.2, -0.15) is 0 Å². The van der Waals surface area contributed by atoms with Crippen molar-refractivity contribution in [2.24, 2.45) is 5.41 Å². The first-order chi connectivity index (χ1) is 7.15. The molecule has 84 valence electrons. The van der Waals surface area contributed by atoms with Gasteiger partial charge in [0.05, 0.1) is 26.4 Å². The molecule has 0 unspecified atom stereocenters. The van der Waals surface area contributed by atoms with Crippen LogP contribution in [0.3, 0.4) is 0 Å². The Balaban J connectivity index is 2.32. The Labute approximate surface area is 87.7 Å². The number of carbonyl (C=O) groups excluding carboxylic acids is 2. The van der Waals surface area contributed by atoms with Gasteiger partial charge in [-0.3, -0.25) is 9.59 Å². The second-order valence-electron chi connectivity index (χ2n) is 3.98. The summed E-state index contributed by atoms with van der Waals surface area (Å²) in [4.78, 5) is 23.4. The minimum absolute atomic E-state index is 0.00630. The molecule has 5 nitrogen and oxygen atoms in total. The van der Waals surface area contributed by atoms with Gasteiger partial charge < -0.3 is 14.2 Å². The average Bonchev–Trinajstić information content (AvgIpc) is 2.86. The Bertz CT molecular complexity index is 282. The zero-order chi connectivity index (χ0) is 11.1. The maximum atomic E-state index is 11.7. The fourth-order valence-corrected chi connectivity index (χ4v) is 2.59. The van der Waals surface area contributed by atoms with E-state index >= 15 is 0 Å². The summed E-state index contributed by atoms with van der Waals surface area (Å²) in [7, 11) is 2.55. The first-order valence-electron chi connectivity index (χ1n) is 4.97. The maximum Gasteiger partial charge on any atom is 0.326 e. The zero-order valence-corrected chi connectivity index (χ0v) is 8.82. The lowest BCUT2D eigenvalue weighted by Gasteiger charge is -2.29. The molecule has 0 aromatic rings. The van der Waals surface area contributed by atoms with E-state index in [1.165, 1.54) is 14.2 Å². The highest BCUT2D eigenvalue weighted by Crippen LogP contribution is 2.49. The Morgan fingerprint density at radius 3 is 2.13 bits per heavy atom. The van der Waals surface area contributed by atoms with Crippen molar-refractivity contribution in [1.82, 2.24) is 0 Å². The molecule has 0 aliphatic carbocycles. The van der Waals surface area contributed by atoms with Crippen molar-refractivity contribution >= 4 is 11.9 Å². The molecule has 0 spiro atoms. The van der Waals surface area contributed by atoms with E-state index < -0.39 is 17.4 Å². The van der Waals surface area contributed by atoms with E-state index in [0.29, 0.717) is 6.42 Å². The third-order valence-corrected chi connectivity index (χ3v) is 3.31.